The van der Waals surface area contributed by atoms with Gasteiger partial charge in [0.1, 0.15) is 5.75 Å². The molecule has 2 heterocycles. The molecule has 2 aliphatic rings. The van der Waals surface area contributed by atoms with E-state index in [0.717, 1.165) is 30.5 Å². The molecule has 0 amide bonds. The lowest BCUT2D eigenvalue weighted by Gasteiger charge is -2.19. The molecule has 2 aromatic carbocycles. The van der Waals surface area contributed by atoms with Crippen molar-refractivity contribution in [3.63, 3.8) is 0 Å². The summed E-state index contributed by atoms with van der Waals surface area (Å²) < 4.78 is 10.5. The zero-order valence-corrected chi connectivity index (χ0v) is 19.9. The first-order valence-corrected chi connectivity index (χ1v) is 11.7. The summed E-state index contributed by atoms with van der Waals surface area (Å²) in [5.74, 6) is 1.15. The molecule has 0 spiro atoms. The monoisotopic (exact) mass is 471 g/mol. The van der Waals surface area contributed by atoms with Crippen molar-refractivity contribution in [1.29, 1.82) is 0 Å². The Morgan fingerprint density at radius 3 is 2.88 bits per heavy atom. The van der Waals surface area contributed by atoms with E-state index in [1.165, 1.54) is 18.2 Å². The van der Waals surface area contributed by atoms with Gasteiger partial charge in [-0.1, -0.05) is 29.8 Å². The third-order valence-corrected chi connectivity index (χ3v) is 6.08. The Morgan fingerprint density at radius 2 is 2.12 bits per heavy atom. The molecule has 4 rings (SSSR count). The second-order valence-electron chi connectivity index (χ2n) is 8.55. The Morgan fingerprint density at radius 1 is 1.27 bits per heavy atom. The van der Waals surface area contributed by atoms with Gasteiger partial charge in [-0.2, -0.15) is 0 Å². The smallest absolute Gasteiger partial charge is 0.305 e. The van der Waals surface area contributed by atoms with Gasteiger partial charge in [0.05, 0.1) is 18.2 Å². The summed E-state index contributed by atoms with van der Waals surface area (Å²) >= 11 is 6.38. The lowest BCUT2D eigenvalue weighted by molar-refractivity contribution is -0.140. The SMILES string of the molecule is COC(=O)CCC1NCCCc2cc(C3=NC(c4ccc(OC(C)C)c(Cl)c4)ON3)ccc21. The van der Waals surface area contributed by atoms with Crippen LogP contribution >= 0.6 is 11.6 Å². The summed E-state index contributed by atoms with van der Waals surface area (Å²) in [6, 6.07) is 12.0. The molecule has 176 valence electrons. The number of benzene rings is 2. The van der Waals surface area contributed by atoms with E-state index in [0.29, 0.717) is 29.4 Å². The maximum atomic E-state index is 11.6. The molecule has 0 radical (unpaired) electrons. The Bertz CT molecular complexity index is 1040. The molecule has 2 aromatic rings. The minimum Gasteiger partial charge on any atom is -0.489 e. The molecule has 2 N–H and O–H groups in total. The molecule has 0 aromatic heterocycles. The molecule has 7 nitrogen and oxygen atoms in total. The number of aliphatic imine (C=N–C) groups is 1. The van der Waals surface area contributed by atoms with E-state index >= 15 is 0 Å². The molecular formula is C25H30ClN3O4. The van der Waals surface area contributed by atoms with Crippen LogP contribution in [0.1, 0.15) is 67.6 Å². The first-order chi connectivity index (χ1) is 15.9. The number of carbonyl (C=O) groups excluding carboxylic acids is 1. The van der Waals surface area contributed by atoms with Gasteiger partial charge in [-0.25, -0.2) is 15.3 Å². The number of hydrogen-bond acceptors (Lipinski definition) is 7. The minimum absolute atomic E-state index is 0.0471. The van der Waals surface area contributed by atoms with E-state index in [-0.39, 0.29) is 18.1 Å². The van der Waals surface area contributed by atoms with Crippen molar-refractivity contribution < 1.29 is 19.1 Å². The fourth-order valence-electron chi connectivity index (χ4n) is 4.17. The number of nitrogens with one attached hydrogen (secondary N) is 2. The van der Waals surface area contributed by atoms with Gasteiger partial charge in [-0.05, 0) is 69.0 Å². The Labute approximate surface area is 199 Å². The number of rotatable bonds is 7. The van der Waals surface area contributed by atoms with Crippen molar-refractivity contribution >= 4 is 23.4 Å². The predicted molar refractivity (Wildman–Crippen MR) is 127 cm³/mol. The Hall–Kier alpha value is -2.61. The standard InChI is InChI=1S/C25H30ClN3O4/c1-15(2)32-22-10-7-18(14-20(22)26)25-28-24(29-33-25)17-6-8-19-16(13-17)5-4-12-27-21(19)9-11-23(30)31-3/h6-8,10,13-15,21,25,27H,4-5,9,11-12H2,1-3H3,(H,28,29). The van der Waals surface area contributed by atoms with Crippen LogP contribution in [0.15, 0.2) is 41.4 Å². The van der Waals surface area contributed by atoms with Crippen molar-refractivity contribution in [2.24, 2.45) is 4.99 Å². The van der Waals surface area contributed by atoms with Crippen LogP contribution in [-0.4, -0.2) is 31.6 Å². The van der Waals surface area contributed by atoms with Gasteiger partial charge in [-0.3, -0.25) is 4.79 Å². The summed E-state index contributed by atoms with van der Waals surface area (Å²) in [5.41, 5.74) is 7.27. The van der Waals surface area contributed by atoms with E-state index in [4.69, 9.17) is 30.9 Å². The number of hydroxylamine groups is 1. The van der Waals surface area contributed by atoms with Crippen LogP contribution in [-0.2, 0) is 20.8 Å². The molecule has 2 atom stereocenters. The van der Waals surface area contributed by atoms with Crippen LogP contribution in [0, 0.1) is 0 Å². The molecular weight excluding hydrogens is 442 g/mol. The molecule has 0 aliphatic carbocycles. The maximum absolute atomic E-state index is 11.6. The van der Waals surface area contributed by atoms with E-state index in [2.05, 4.69) is 22.9 Å². The highest BCUT2D eigenvalue weighted by Crippen LogP contribution is 2.32. The van der Waals surface area contributed by atoms with Crippen molar-refractivity contribution in [2.45, 2.75) is 57.9 Å². The number of fused-ring (bicyclic) bond motifs is 1. The highest BCUT2D eigenvalue weighted by Gasteiger charge is 2.24. The predicted octanol–water partition coefficient (Wildman–Crippen LogP) is 4.64. The van der Waals surface area contributed by atoms with Gasteiger partial charge < -0.3 is 14.8 Å². The topological polar surface area (TPSA) is 81.2 Å². The molecule has 8 heteroatoms. The summed E-state index contributed by atoms with van der Waals surface area (Å²) in [6.45, 7) is 4.84. The lowest BCUT2D eigenvalue weighted by atomic mass is 9.94. The van der Waals surface area contributed by atoms with Crippen LogP contribution in [0.25, 0.3) is 0 Å². The zero-order chi connectivity index (χ0) is 23.4. The second-order valence-corrected chi connectivity index (χ2v) is 8.95. The number of aryl methyl sites for hydroxylation is 1. The third kappa shape index (κ3) is 5.66. The van der Waals surface area contributed by atoms with E-state index < -0.39 is 6.23 Å². The molecule has 0 bridgehead atoms. The third-order valence-electron chi connectivity index (χ3n) is 5.79. The number of methoxy groups -OCH3 is 1. The number of ether oxygens (including phenoxy) is 2. The number of carbonyl (C=O) groups is 1. The van der Waals surface area contributed by atoms with Crippen LogP contribution in [0.4, 0.5) is 0 Å². The number of esters is 1. The van der Waals surface area contributed by atoms with Crippen molar-refractivity contribution in [3.05, 3.63) is 63.7 Å². The van der Waals surface area contributed by atoms with Crippen LogP contribution in [0.3, 0.4) is 0 Å². The lowest BCUT2D eigenvalue weighted by Crippen LogP contribution is -2.22. The minimum atomic E-state index is -0.487. The zero-order valence-electron chi connectivity index (χ0n) is 19.2. The summed E-state index contributed by atoms with van der Waals surface area (Å²) in [6.07, 6.45) is 2.66. The van der Waals surface area contributed by atoms with Crippen LogP contribution < -0.4 is 15.5 Å². The molecule has 2 aliphatic heterocycles. The largest absolute Gasteiger partial charge is 0.489 e. The highest BCUT2D eigenvalue weighted by atomic mass is 35.5. The first-order valence-electron chi connectivity index (χ1n) is 11.3. The Balaban J connectivity index is 1.52. The summed E-state index contributed by atoms with van der Waals surface area (Å²) in [7, 11) is 1.43. The van der Waals surface area contributed by atoms with Gasteiger partial charge in [0, 0.05) is 23.6 Å². The average molecular weight is 472 g/mol. The number of nitrogens with zero attached hydrogens (tertiary/aromatic N) is 1. The molecule has 0 fully saturated rings. The van der Waals surface area contributed by atoms with Gasteiger partial charge in [-0.15, -0.1) is 0 Å². The molecule has 0 saturated heterocycles. The second kappa shape index (κ2) is 10.5. The molecule has 0 saturated carbocycles. The quantitative estimate of drug-likeness (QED) is 0.573. The number of hydrogen-bond donors (Lipinski definition) is 2. The first kappa shape index (κ1) is 23.5. The van der Waals surface area contributed by atoms with Gasteiger partial charge in [0.25, 0.3) is 0 Å². The Kier molecular flexibility index (Phi) is 7.53. The normalized spacial score (nSPS) is 20.0. The number of halogens is 1. The summed E-state index contributed by atoms with van der Waals surface area (Å²) in [5, 5.41) is 4.09. The fraction of sp³-hybridized carbons (Fsp3) is 0.440. The van der Waals surface area contributed by atoms with Crippen molar-refractivity contribution in [2.75, 3.05) is 13.7 Å². The fourth-order valence-corrected chi connectivity index (χ4v) is 4.41. The maximum Gasteiger partial charge on any atom is 0.305 e. The summed E-state index contributed by atoms with van der Waals surface area (Å²) in [4.78, 5) is 22.1. The van der Waals surface area contributed by atoms with Crippen molar-refractivity contribution in [1.82, 2.24) is 10.8 Å². The molecule has 2 unspecified atom stereocenters. The van der Waals surface area contributed by atoms with Crippen LogP contribution in [0.2, 0.25) is 5.02 Å². The van der Waals surface area contributed by atoms with Crippen LogP contribution in [0.5, 0.6) is 5.75 Å². The average Bonchev–Trinajstić information content (AvgIpc) is 3.21. The highest BCUT2D eigenvalue weighted by molar-refractivity contribution is 6.32. The molecule has 33 heavy (non-hydrogen) atoms. The van der Waals surface area contributed by atoms with E-state index in [9.17, 15) is 4.79 Å². The van der Waals surface area contributed by atoms with Gasteiger partial charge in [0.2, 0.25) is 6.23 Å². The van der Waals surface area contributed by atoms with Gasteiger partial charge >= 0.3 is 5.97 Å². The van der Waals surface area contributed by atoms with Gasteiger partial charge in [0.15, 0.2) is 5.84 Å². The number of amidine groups is 1. The van der Waals surface area contributed by atoms with Crippen molar-refractivity contribution in [3.8, 4) is 5.75 Å². The van der Waals surface area contributed by atoms with E-state index in [1.807, 2.05) is 38.1 Å². The van der Waals surface area contributed by atoms with E-state index in [1.54, 1.807) is 0 Å².